The van der Waals surface area contributed by atoms with E-state index in [9.17, 15) is 13.2 Å². The van der Waals surface area contributed by atoms with Gasteiger partial charge in [0.05, 0.1) is 19.9 Å². The van der Waals surface area contributed by atoms with E-state index in [0.29, 0.717) is 17.1 Å². The molecule has 0 spiro atoms. The number of H-pyrrole nitrogens is 1. The first-order valence-electron chi connectivity index (χ1n) is 9.97. The summed E-state index contributed by atoms with van der Waals surface area (Å²) < 4.78 is 53.9. The van der Waals surface area contributed by atoms with Crippen LogP contribution in [0.5, 0.6) is 11.5 Å². The van der Waals surface area contributed by atoms with Gasteiger partial charge in [-0.15, -0.1) is 10.2 Å². The van der Waals surface area contributed by atoms with Crippen LogP contribution in [0.1, 0.15) is 31.2 Å². The van der Waals surface area contributed by atoms with Crippen LogP contribution in [-0.4, -0.2) is 35.6 Å². The molecule has 2 aromatic heterocycles. The summed E-state index contributed by atoms with van der Waals surface area (Å²) in [4.78, 5) is 3.45. The molecule has 0 aliphatic rings. The van der Waals surface area contributed by atoms with E-state index < -0.39 is 18.5 Å². The van der Waals surface area contributed by atoms with Crippen molar-refractivity contribution in [3.8, 4) is 34.2 Å². The van der Waals surface area contributed by atoms with Gasteiger partial charge in [0.2, 0.25) is 11.8 Å². The van der Waals surface area contributed by atoms with E-state index in [1.807, 2.05) is 30.3 Å². The maximum Gasteiger partial charge on any atom is 0.397 e. The molecule has 168 valence electrons. The summed E-state index contributed by atoms with van der Waals surface area (Å²) in [5.41, 5.74) is 4.35. The minimum Gasteiger partial charge on any atom is -0.493 e. The number of hydrogen-bond donors (Lipinski definition) is 1. The predicted molar refractivity (Wildman–Crippen MR) is 114 cm³/mol. The quantitative estimate of drug-likeness (QED) is 0.386. The van der Waals surface area contributed by atoms with E-state index in [1.54, 1.807) is 20.3 Å². The predicted octanol–water partition coefficient (Wildman–Crippen LogP) is 6.13. The molecule has 2 heterocycles. The van der Waals surface area contributed by atoms with Crippen molar-refractivity contribution in [1.29, 1.82) is 0 Å². The highest BCUT2D eigenvalue weighted by Gasteiger charge is 2.31. The fraction of sp³-hybridized carbons (Fsp3) is 0.304. The Labute approximate surface area is 182 Å². The molecule has 1 N–H and O–H groups in total. The van der Waals surface area contributed by atoms with Gasteiger partial charge in [-0.2, -0.15) is 13.2 Å². The highest BCUT2D eigenvalue weighted by molar-refractivity contribution is 5.94. The zero-order valence-corrected chi connectivity index (χ0v) is 18.0. The molecule has 0 amide bonds. The summed E-state index contributed by atoms with van der Waals surface area (Å²) in [5.74, 6) is 0.992. The number of benzene rings is 2. The lowest BCUT2D eigenvalue weighted by molar-refractivity contribution is -0.130. The Hall–Kier alpha value is -3.49. The van der Waals surface area contributed by atoms with Gasteiger partial charge in [-0.3, -0.25) is 0 Å². The molecule has 32 heavy (non-hydrogen) atoms. The molecular weight excluding hydrogens is 423 g/mol. The van der Waals surface area contributed by atoms with Gasteiger partial charge in [-0.05, 0) is 47.9 Å². The fourth-order valence-electron chi connectivity index (χ4n) is 3.78. The van der Waals surface area contributed by atoms with E-state index in [2.05, 4.69) is 29.0 Å². The maximum atomic E-state index is 12.6. The standard InChI is InChI=1S/C23H22F3N3O3/c1-12(2)20-15-9-14(22-29-28-19(32-22)11-23(24,25)26)5-7-16(15)27-21(20)13-6-8-17(30-3)18(10-13)31-4/h5-10,12,27H,11H2,1-4H3. The summed E-state index contributed by atoms with van der Waals surface area (Å²) >= 11 is 0. The third-order valence-corrected chi connectivity index (χ3v) is 5.15. The van der Waals surface area contributed by atoms with E-state index in [0.717, 1.165) is 27.7 Å². The second kappa shape index (κ2) is 8.22. The molecule has 0 bridgehead atoms. The van der Waals surface area contributed by atoms with Gasteiger partial charge in [0.25, 0.3) is 0 Å². The molecule has 4 rings (SSSR count). The lowest BCUT2D eigenvalue weighted by Gasteiger charge is -2.12. The number of halogens is 3. The Morgan fingerprint density at radius 3 is 2.34 bits per heavy atom. The van der Waals surface area contributed by atoms with Crippen LogP contribution in [-0.2, 0) is 6.42 Å². The Bertz CT molecular complexity index is 1260. The van der Waals surface area contributed by atoms with Gasteiger partial charge in [-0.1, -0.05) is 13.8 Å². The lowest BCUT2D eigenvalue weighted by Crippen LogP contribution is -2.11. The van der Waals surface area contributed by atoms with Crippen LogP contribution < -0.4 is 9.47 Å². The number of fused-ring (bicyclic) bond motifs is 1. The number of alkyl halides is 3. The number of nitrogens with zero attached hydrogens (tertiary/aromatic N) is 2. The van der Waals surface area contributed by atoms with Crippen LogP contribution in [0.2, 0.25) is 0 Å². The second-order valence-electron chi connectivity index (χ2n) is 7.69. The molecule has 6 nitrogen and oxygen atoms in total. The second-order valence-corrected chi connectivity index (χ2v) is 7.69. The number of nitrogens with one attached hydrogen (secondary N) is 1. The Balaban J connectivity index is 1.80. The van der Waals surface area contributed by atoms with Gasteiger partial charge in [-0.25, -0.2) is 0 Å². The van der Waals surface area contributed by atoms with E-state index >= 15 is 0 Å². The summed E-state index contributed by atoms with van der Waals surface area (Å²) in [6, 6.07) is 11.1. The van der Waals surface area contributed by atoms with E-state index in [4.69, 9.17) is 13.9 Å². The minimum atomic E-state index is -4.41. The zero-order chi connectivity index (χ0) is 23.0. The van der Waals surface area contributed by atoms with Crippen molar-refractivity contribution in [3.63, 3.8) is 0 Å². The van der Waals surface area contributed by atoms with Crippen molar-refractivity contribution < 1.29 is 27.1 Å². The Morgan fingerprint density at radius 1 is 0.969 bits per heavy atom. The molecule has 0 radical (unpaired) electrons. The number of rotatable bonds is 6. The third-order valence-electron chi connectivity index (χ3n) is 5.15. The topological polar surface area (TPSA) is 73.2 Å². The molecule has 2 aromatic carbocycles. The Morgan fingerprint density at radius 2 is 1.69 bits per heavy atom. The van der Waals surface area contributed by atoms with Crippen molar-refractivity contribution in [1.82, 2.24) is 15.2 Å². The van der Waals surface area contributed by atoms with Crippen LogP contribution in [0.3, 0.4) is 0 Å². The average molecular weight is 445 g/mol. The van der Waals surface area contributed by atoms with Crippen molar-refractivity contribution >= 4 is 10.9 Å². The number of aromatic nitrogens is 3. The molecule has 0 fully saturated rings. The molecule has 0 atom stereocenters. The lowest BCUT2D eigenvalue weighted by atomic mass is 9.95. The summed E-state index contributed by atoms with van der Waals surface area (Å²) in [5, 5.41) is 8.26. The van der Waals surface area contributed by atoms with Crippen LogP contribution in [0.15, 0.2) is 40.8 Å². The molecule has 0 aliphatic carbocycles. The van der Waals surface area contributed by atoms with Gasteiger partial charge >= 0.3 is 6.18 Å². The number of methoxy groups -OCH3 is 2. The van der Waals surface area contributed by atoms with E-state index in [1.165, 1.54) is 0 Å². The number of aromatic amines is 1. The highest BCUT2D eigenvalue weighted by Crippen LogP contribution is 2.40. The van der Waals surface area contributed by atoms with Crippen LogP contribution in [0.25, 0.3) is 33.6 Å². The zero-order valence-electron chi connectivity index (χ0n) is 18.0. The summed E-state index contributed by atoms with van der Waals surface area (Å²) in [6.45, 7) is 4.15. The minimum absolute atomic E-state index is 0.0507. The molecule has 0 saturated carbocycles. The van der Waals surface area contributed by atoms with Crippen molar-refractivity contribution in [2.45, 2.75) is 32.4 Å². The normalized spacial score (nSPS) is 12.0. The van der Waals surface area contributed by atoms with E-state index in [-0.39, 0.29) is 11.8 Å². The average Bonchev–Trinajstić information content (AvgIpc) is 3.35. The van der Waals surface area contributed by atoms with Gasteiger partial charge < -0.3 is 18.9 Å². The first kappa shape index (κ1) is 21.7. The smallest absolute Gasteiger partial charge is 0.397 e. The van der Waals surface area contributed by atoms with Crippen molar-refractivity contribution in [2.75, 3.05) is 14.2 Å². The Kier molecular flexibility index (Phi) is 5.58. The summed E-state index contributed by atoms with van der Waals surface area (Å²) in [6.07, 6.45) is -5.67. The molecular formula is C23H22F3N3O3. The molecule has 0 aliphatic heterocycles. The van der Waals surface area contributed by atoms with Crippen LogP contribution in [0, 0.1) is 0 Å². The fourth-order valence-corrected chi connectivity index (χ4v) is 3.78. The van der Waals surface area contributed by atoms with Crippen molar-refractivity contribution in [2.24, 2.45) is 0 Å². The molecule has 9 heteroatoms. The van der Waals surface area contributed by atoms with Gasteiger partial charge in [0.15, 0.2) is 11.5 Å². The molecule has 0 unspecified atom stereocenters. The first-order chi connectivity index (χ1) is 15.2. The molecule has 4 aromatic rings. The maximum absolute atomic E-state index is 12.6. The van der Waals surface area contributed by atoms with Crippen LogP contribution >= 0.6 is 0 Å². The monoisotopic (exact) mass is 445 g/mol. The van der Waals surface area contributed by atoms with Crippen molar-refractivity contribution in [3.05, 3.63) is 47.9 Å². The third kappa shape index (κ3) is 4.15. The summed E-state index contributed by atoms with van der Waals surface area (Å²) in [7, 11) is 3.17. The molecule has 0 saturated heterocycles. The first-order valence-corrected chi connectivity index (χ1v) is 9.97. The van der Waals surface area contributed by atoms with Crippen LogP contribution in [0.4, 0.5) is 13.2 Å². The largest absolute Gasteiger partial charge is 0.493 e. The highest BCUT2D eigenvalue weighted by atomic mass is 19.4. The number of hydrogen-bond acceptors (Lipinski definition) is 5. The van der Waals surface area contributed by atoms with Gasteiger partial charge in [0, 0.05) is 22.0 Å². The number of ether oxygens (including phenoxy) is 2. The SMILES string of the molecule is COc1ccc(-c2[nH]c3ccc(-c4nnc(CC(F)(F)F)o4)cc3c2C(C)C)cc1OC. The van der Waals surface area contributed by atoms with Gasteiger partial charge in [0.1, 0.15) is 6.42 Å².